The van der Waals surface area contributed by atoms with Crippen LogP contribution in [0.2, 0.25) is 0 Å². The zero-order valence-corrected chi connectivity index (χ0v) is 18.7. The summed E-state index contributed by atoms with van der Waals surface area (Å²) in [5, 5.41) is 8.81. The number of thiophene rings is 1. The largest absolute Gasteiger partial charge is 0.491 e. The maximum Gasteiger partial charge on any atom is 0.191 e. The summed E-state index contributed by atoms with van der Waals surface area (Å²) in [5.41, 5.74) is 0.829. The molecule has 164 valence electrons. The van der Waals surface area contributed by atoms with E-state index < -0.39 is 0 Å². The number of ether oxygens (including phenoxy) is 2. The fraction of sp³-hybridized carbons (Fsp3) is 0.500. The SMILES string of the molecule is CCOc1ccc(CNC(=NC)NCC(c2cccs2)N2CCOC(C)C2)cc1F. The highest BCUT2D eigenvalue weighted by atomic mass is 32.1. The van der Waals surface area contributed by atoms with Crippen molar-refractivity contribution in [3.63, 3.8) is 0 Å². The highest BCUT2D eigenvalue weighted by molar-refractivity contribution is 7.10. The Balaban J connectivity index is 1.58. The zero-order chi connectivity index (χ0) is 21.3. The molecule has 0 bridgehead atoms. The topological polar surface area (TPSA) is 58.1 Å². The normalized spacial score (nSPS) is 18.8. The van der Waals surface area contributed by atoms with Crippen LogP contribution in [0.3, 0.4) is 0 Å². The third-order valence-corrected chi connectivity index (χ3v) is 6.00. The number of benzene rings is 1. The molecule has 1 saturated heterocycles. The zero-order valence-electron chi connectivity index (χ0n) is 17.9. The van der Waals surface area contributed by atoms with E-state index in [1.54, 1.807) is 24.5 Å². The monoisotopic (exact) mass is 434 g/mol. The van der Waals surface area contributed by atoms with E-state index in [1.807, 2.05) is 13.0 Å². The van der Waals surface area contributed by atoms with Gasteiger partial charge >= 0.3 is 0 Å². The molecule has 0 spiro atoms. The highest BCUT2D eigenvalue weighted by Gasteiger charge is 2.26. The summed E-state index contributed by atoms with van der Waals surface area (Å²) >= 11 is 1.77. The van der Waals surface area contributed by atoms with E-state index in [1.165, 1.54) is 10.9 Å². The van der Waals surface area contributed by atoms with Gasteiger partial charge < -0.3 is 20.1 Å². The first-order valence-electron chi connectivity index (χ1n) is 10.4. The lowest BCUT2D eigenvalue weighted by Crippen LogP contribution is -2.47. The molecule has 1 aromatic heterocycles. The summed E-state index contributed by atoms with van der Waals surface area (Å²) in [6.45, 7) is 8.16. The summed E-state index contributed by atoms with van der Waals surface area (Å²) in [5.74, 6) is 0.618. The number of guanidine groups is 1. The van der Waals surface area contributed by atoms with Crippen LogP contribution in [0.1, 0.15) is 30.3 Å². The van der Waals surface area contributed by atoms with Crippen LogP contribution >= 0.6 is 11.3 Å². The summed E-state index contributed by atoms with van der Waals surface area (Å²) < 4.78 is 25.0. The Morgan fingerprint density at radius 1 is 1.40 bits per heavy atom. The lowest BCUT2D eigenvalue weighted by Gasteiger charge is -2.37. The van der Waals surface area contributed by atoms with Crippen LogP contribution in [0.5, 0.6) is 5.75 Å². The number of nitrogens with zero attached hydrogens (tertiary/aromatic N) is 2. The molecule has 2 unspecified atom stereocenters. The molecule has 1 fully saturated rings. The molecule has 1 aliphatic heterocycles. The Bertz CT molecular complexity index is 815. The van der Waals surface area contributed by atoms with Crippen LogP contribution in [0.15, 0.2) is 40.7 Å². The summed E-state index contributed by atoms with van der Waals surface area (Å²) in [6.07, 6.45) is 0.230. The van der Waals surface area contributed by atoms with E-state index in [0.717, 1.165) is 31.8 Å². The molecule has 1 aromatic carbocycles. The number of rotatable bonds is 8. The van der Waals surface area contributed by atoms with Gasteiger partial charge in [0.25, 0.3) is 0 Å². The fourth-order valence-electron chi connectivity index (χ4n) is 3.55. The van der Waals surface area contributed by atoms with Gasteiger partial charge in [-0.25, -0.2) is 4.39 Å². The maximum absolute atomic E-state index is 14.1. The van der Waals surface area contributed by atoms with E-state index in [2.05, 4.69) is 45.0 Å². The minimum atomic E-state index is -0.349. The Morgan fingerprint density at radius 3 is 2.93 bits per heavy atom. The molecule has 0 aliphatic carbocycles. The molecule has 30 heavy (non-hydrogen) atoms. The van der Waals surface area contributed by atoms with Crippen molar-refractivity contribution in [1.29, 1.82) is 0 Å². The number of hydrogen-bond acceptors (Lipinski definition) is 5. The molecule has 2 N–H and O–H groups in total. The quantitative estimate of drug-likeness (QED) is 0.493. The van der Waals surface area contributed by atoms with Crippen molar-refractivity contribution < 1.29 is 13.9 Å². The van der Waals surface area contributed by atoms with Crippen LogP contribution < -0.4 is 15.4 Å². The maximum atomic E-state index is 14.1. The van der Waals surface area contributed by atoms with Gasteiger partial charge in [-0.2, -0.15) is 0 Å². The Labute approximate surface area is 182 Å². The van der Waals surface area contributed by atoms with Crippen molar-refractivity contribution >= 4 is 17.3 Å². The Kier molecular flexibility index (Phi) is 8.48. The molecule has 2 atom stereocenters. The van der Waals surface area contributed by atoms with E-state index in [4.69, 9.17) is 9.47 Å². The molecule has 0 amide bonds. The molecule has 3 rings (SSSR count). The molecular weight excluding hydrogens is 403 g/mol. The van der Waals surface area contributed by atoms with Gasteiger partial charge in [0.05, 0.1) is 25.4 Å². The van der Waals surface area contributed by atoms with E-state index >= 15 is 0 Å². The Hall–Kier alpha value is -2.16. The van der Waals surface area contributed by atoms with E-state index in [0.29, 0.717) is 19.1 Å². The van der Waals surface area contributed by atoms with Gasteiger partial charge in [0, 0.05) is 38.1 Å². The second kappa shape index (κ2) is 11.3. The number of morpholine rings is 1. The van der Waals surface area contributed by atoms with Gasteiger partial charge in [-0.15, -0.1) is 11.3 Å². The lowest BCUT2D eigenvalue weighted by atomic mass is 10.1. The smallest absolute Gasteiger partial charge is 0.191 e. The standard InChI is InChI=1S/C22H31FN4O2S/c1-4-28-20-8-7-17(12-18(20)23)13-25-22(24-3)26-14-19(21-6-5-11-30-21)27-9-10-29-16(2)15-27/h5-8,11-12,16,19H,4,9-10,13-15H2,1-3H3,(H2,24,25,26). The first kappa shape index (κ1) is 22.5. The van der Waals surface area contributed by atoms with Gasteiger partial charge in [0.1, 0.15) is 0 Å². The Morgan fingerprint density at radius 2 is 2.27 bits per heavy atom. The average molecular weight is 435 g/mol. The van der Waals surface area contributed by atoms with Crippen molar-refractivity contribution in [3.05, 3.63) is 52.0 Å². The molecule has 2 aromatic rings. The predicted octanol–water partition coefficient (Wildman–Crippen LogP) is 3.41. The number of aliphatic imine (C=N–C) groups is 1. The van der Waals surface area contributed by atoms with Crippen molar-refractivity contribution in [2.24, 2.45) is 4.99 Å². The molecule has 2 heterocycles. The van der Waals surface area contributed by atoms with E-state index in [-0.39, 0.29) is 23.7 Å². The summed E-state index contributed by atoms with van der Waals surface area (Å²) in [4.78, 5) is 8.10. The van der Waals surface area contributed by atoms with Crippen LogP contribution in [0.25, 0.3) is 0 Å². The minimum Gasteiger partial charge on any atom is -0.491 e. The van der Waals surface area contributed by atoms with Gasteiger partial charge in [-0.05, 0) is 43.0 Å². The molecule has 8 heteroatoms. The minimum absolute atomic E-state index is 0.230. The molecule has 6 nitrogen and oxygen atoms in total. The van der Waals surface area contributed by atoms with Crippen LogP contribution in [0.4, 0.5) is 4.39 Å². The molecule has 1 aliphatic rings. The second-order valence-corrected chi connectivity index (χ2v) is 8.19. The highest BCUT2D eigenvalue weighted by Crippen LogP contribution is 2.26. The third kappa shape index (κ3) is 6.17. The van der Waals surface area contributed by atoms with Crippen molar-refractivity contribution in [2.75, 3.05) is 39.9 Å². The third-order valence-electron chi connectivity index (χ3n) is 5.03. The number of hydrogen-bond donors (Lipinski definition) is 2. The summed E-state index contributed by atoms with van der Waals surface area (Å²) in [6, 6.07) is 9.53. The first-order valence-corrected chi connectivity index (χ1v) is 11.2. The summed E-state index contributed by atoms with van der Waals surface area (Å²) in [7, 11) is 1.74. The molecular formula is C22H31FN4O2S. The first-order chi connectivity index (χ1) is 14.6. The van der Waals surface area contributed by atoms with E-state index in [9.17, 15) is 4.39 Å². The van der Waals surface area contributed by atoms with Crippen LogP contribution in [0, 0.1) is 5.82 Å². The molecule has 0 saturated carbocycles. The van der Waals surface area contributed by atoms with Crippen molar-refractivity contribution in [3.8, 4) is 5.75 Å². The van der Waals surface area contributed by atoms with Crippen LogP contribution in [-0.4, -0.2) is 56.9 Å². The molecule has 0 radical (unpaired) electrons. The second-order valence-electron chi connectivity index (χ2n) is 7.21. The van der Waals surface area contributed by atoms with Gasteiger partial charge in [-0.3, -0.25) is 9.89 Å². The van der Waals surface area contributed by atoms with Gasteiger partial charge in [-0.1, -0.05) is 12.1 Å². The van der Waals surface area contributed by atoms with Gasteiger partial charge in [0.2, 0.25) is 0 Å². The number of halogens is 1. The average Bonchev–Trinajstić information content (AvgIpc) is 3.27. The lowest BCUT2D eigenvalue weighted by molar-refractivity contribution is -0.0334. The van der Waals surface area contributed by atoms with Crippen LogP contribution in [-0.2, 0) is 11.3 Å². The number of nitrogens with one attached hydrogen (secondary N) is 2. The van der Waals surface area contributed by atoms with Gasteiger partial charge in [0.15, 0.2) is 17.5 Å². The fourth-order valence-corrected chi connectivity index (χ4v) is 4.41. The predicted molar refractivity (Wildman–Crippen MR) is 120 cm³/mol. The van der Waals surface area contributed by atoms with Crippen molar-refractivity contribution in [2.45, 2.75) is 32.5 Å². The van der Waals surface area contributed by atoms with Crippen molar-refractivity contribution in [1.82, 2.24) is 15.5 Å².